The van der Waals surface area contributed by atoms with E-state index in [-0.39, 0.29) is 12.5 Å². The number of rotatable bonds is 7. The number of benzene rings is 1. The largest absolute Gasteiger partial charge is 0.341 e. The van der Waals surface area contributed by atoms with Crippen molar-refractivity contribution in [1.29, 1.82) is 0 Å². The summed E-state index contributed by atoms with van der Waals surface area (Å²) in [5.74, 6) is -0.0521. The van der Waals surface area contributed by atoms with Gasteiger partial charge in [-0.25, -0.2) is 4.79 Å². The minimum absolute atomic E-state index is 0.221. The number of nitrogens with one attached hydrogen (secondary N) is 1. The Balaban J connectivity index is 2.18. The molecule has 0 aliphatic carbocycles. The summed E-state index contributed by atoms with van der Waals surface area (Å²) in [5.41, 5.74) is -0.579. The molecule has 1 aromatic rings. The van der Waals surface area contributed by atoms with Crippen molar-refractivity contribution >= 4 is 29.4 Å². The standard InChI is InChI=1S/C20H28ClN3O3/c1-13(2)10-23(11-14(3)4)17(25)12-24-18(26)20(5,22-19(24)27)15-6-8-16(21)9-7-15/h6-9,13-14H,10-12H2,1-5H3,(H,22,27)/t20-/m1/s1. The van der Waals surface area contributed by atoms with Gasteiger partial charge in [0.2, 0.25) is 5.91 Å². The summed E-state index contributed by atoms with van der Waals surface area (Å²) < 4.78 is 0. The molecular weight excluding hydrogens is 366 g/mol. The normalized spacial score (nSPS) is 19.8. The number of urea groups is 1. The summed E-state index contributed by atoms with van der Waals surface area (Å²) >= 11 is 5.91. The van der Waals surface area contributed by atoms with Crippen LogP contribution in [0.1, 0.15) is 40.2 Å². The predicted octanol–water partition coefficient (Wildman–Crippen LogP) is 3.25. The molecule has 0 saturated carbocycles. The Morgan fingerprint density at radius 2 is 1.63 bits per heavy atom. The fourth-order valence-electron chi connectivity index (χ4n) is 3.21. The number of carbonyl (C=O) groups is 3. The molecule has 0 radical (unpaired) electrons. The van der Waals surface area contributed by atoms with Crippen LogP contribution in [0.4, 0.5) is 4.79 Å². The molecule has 2 rings (SSSR count). The lowest BCUT2D eigenvalue weighted by atomic mass is 9.92. The summed E-state index contributed by atoms with van der Waals surface area (Å²) in [5, 5.41) is 3.26. The molecule has 0 aromatic heterocycles. The summed E-state index contributed by atoms with van der Waals surface area (Å²) in [6, 6.07) is 6.19. The highest BCUT2D eigenvalue weighted by molar-refractivity contribution is 6.30. The number of hydrogen-bond donors (Lipinski definition) is 1. The van der Waals surface area contributed by atoms with Crippen LogP contribution >= 0.6 is 11.6 Å². The first-order valence-electron chi connectivity index (χ1n) is 9.22. The quantitative estimate of drug-likeness (QED) is 0.723. The van der Waals surface area contributed by atoms with Crippen LogP contribution < -0.4 is 5.32 Å². The molecule has 1 heterocycles. The second-order valence-electron chi connectivity index (χ2n) is 8.04. The van der Waals surface area contributed by atoms with Gasteiger partial charge in [0.1, 0.15) is 12.1 Å². The molecule has 1 fully saturated rings. The van der Waals surface area contributed by atoms with Crippen LogP contribution in [0.15, 0.2) is 24.3 Å². The second kappa shape index (κ2) is 8.30. The van der Waals surface area contributed by atoms with E-state index in [0.29, 0.717) is 35.5 Å². The molecule has 1 aliphatic rings. The van der Waals surface area contributed by atoms with Crippen LogP contribution in [-0.4, -0.2) is 47.3 Å². The Morgan fingerprint density at radius 1 is 1.11 bits per heavy atom. The highest BCUT2D eigenvalue weighted by atomic mass is 35.5. The van der Waals surface area contributed by atoms with Crippen molar-refractivity contribution in [3.8, 4) is 0 Å². The summed E-state index contributed by atoms with van der Waals surface area (Å²) in [6.45, 7) is 10.7. The molecule has 27 heavy (non-hydrogen) atoms. The van der Waals surface area contributed by atoms with Gasteiger partial charge in [0, 0.05) is 18.1 Å². The number of nitrogens with zero attached hydrogens (tertiary/aromatic N) is 2. The molecule has 7 heteroatoms. The molecule has 0 spiro atoms. The maximum Gasteiger partial charge on any atom is 0.325 e. The topological polar surface area (TPSA) is 69.7 Å². The van der Waals surface area contributed by atoms with Gasteiger partial charge in [-0.15, -0.1) is 0 Å². The first kappa shape index (κ1) is 21.2. The van der Waals surface area contributed by atoms with Gasteiger partial charge >= 0.3 is 6.03 Å². The Labute approximate surface area is 165 Å². The molecule has 1 aromatic carbocycles. The van der Waals surface area contributed by atoms with Crippen molar-refractivity contribution in [2.24, 2.45) is 11.8 Å². The van der Waals surface area contributed by atoms with Crippen molar-refractivity contribution in [3.63, 3.8) is 0 Å². The van der Waals surface area contributed by atoms with E-state index in [0.717, 1.165) is 4.90 Å². The van der Waals surface area contributed by atoms with Crippen LogP contribution in [0.5, 0.6) is 0 Å². The van der Waals surface area contributed by atoms with Gasteiger partial charge in [0.05, 0.1) is 0 Å². The molecule has 4 amide bonds. The minimum Gasteiger partial charge on any atom is -0.341 e. The van der Waals surface area contributed by atoms with Crippen molar-refractivity contribution in [1.82, 2.24) is 15.1 Å². The van der Waals surface area contributed by atoms with Crippen molar-refractivity contribution in [2.45, 2.75) is 40.2 Å². The van der Waals surface area contributed by atoms with Gasteiger partial charge in [-0.05, 0) is 36.5 Å². The van der Waals surface area contributed by atoms with Gasteiger partial charge < -0.3 is 10.2 Å². The van der Waals surface area contributed by atoms with E-state index in [1.165, 1.54) is 0 Å². The fourth-order valence-corrected chi connectivity index (χ4v) is 3.34. The number of imide groups is 1. The molecule has 148 valence electrons. The zero-order valence-electron chi connectivity index (χ0n) is 16.6. The first-order valence-corrected chi connectivity index (χ1v) is 9.60. The van der Waals surface area contributed by atoms with E-state index in [4.69, 9.17) is 11.6 Å². The fraction of sp³-hybridized carbons (Fsp3) is 0.550. The molecular formula is C20H28ClN3O3. The molecule has 1 atom stereocenters. The van der Waals surface area contributed by atoms with Crippen molar-refractivity contribution < 1.29 is 14.4 Å². The maximum absolute atomic E-state index is 13.0. The highest BCUT2D eigenvalue weighted by Crippen LogP contribution is 2.29. The first-order chi connectivity index (χ1) is 12.5. The van der Waals surface area contributed by atoms with Crippen LogP contribution in [0.2, 0.25) is 5.02 Å². The number of hydrogen-bond acceptors (Lipinski definition) is 3. The van der Waals surface area contributed by atoms with Crippen molar-refractivity contribution in [2.75, 3.05) is 19.6 Å². The molecule has 6 nitrogen and oxygen atoms in total. The van der Waals surface area contributed by atoms with Crippen molar-refractivity contribution in [3.05, 3.63) is 34.9 Å². The second-order valence-corrected chi connectivity index (χ2v) is 8.48. The number of carbonyl (C=O) groups excluding carboxylic acids is 3. The Kier molecular flexibility index (Phi) is 6.52. The average molecular weight is 394 g/mol. The predicted molar refractivity (Wildman–Crippen MR) is 105 cm³/mol. The zero-order chi connectivity index (χ0) is 20.4. The minimum atomic E-state index is -1.21. The lowest BCUT2D eigenvalue weighted by Gasteiger charge is -2.28. The molecule has 1 N–H and O–H groups in total. The van der Waals surface area contributed by atoms with E-state index in [9.17, 15) is 14.4 Å². The summed E-state index contributed by atoms with van der Waals surface area (Å²) in [6.07, 6.45) is 0. The van der Waals surface area contributed by atoms with Crippen LogP contribution in [0.25, 0.3) is 0 Å². The van der Waals surface area contributed by atoms with Gasteiger partial charge in [0.15, 0.2) is 0 Å². The zero-order valence-corrected chi connectivity index (χ0v) is 17.3. The molecule has 0 unspecified atom stereocenters. The van der Waals surface area contributed by atoms with Gasteiger partial charge in [0.25, 0.3) is 5.91 Å². The van der Waals surface area contributed by atoms with Gasteiger partial charge in [-0.3, -0.25) is 14.5 Å². The molecule has 1 aliphatic heterocycles. The van der Waals surface area contributed by atoms with E-state index >= 15 is 0 Å². The monoisotopic (exact) mass is 393 g/mol. The highest BCUT2D eigenvalue weighted by Gasteiger charge is 2.49. The smallest absolute Gasteiger partial charge is 0.325 e. The lowest BCUT2D eigenvalue weighted by Crippen LogP contribution is -2.46. The summed E-state index contributed by atoms with van der Waals surface area (Å²) in [7, 11) is 0. The molecule has 0 bridgehead atoms. The van der Waals surface area contributed by atoms with E-state index < -0.39 is 17.5 Å². The third kappa shape index (κ3) is 4.80. The molecule has 1 saturated heterocycles. The summed E-state index contributed by atoms with van der Waals surface area (Å²) in [4.78, 5) is 40.9. The number of amides is 4. The Hall–Kier alpha value is -2.08. The number of halogens is 1. The third-order valence-electron chi connectivity index (χ3n) is 4.51. The van der Waals surface area contributed by atoms with Gasteiger partial charge in [-0.1, -0.05) is 51.4 Å². The van der Waals surface area contributed by atoms with Gasteiger partial charge in [-0.2, -0.15) is 0 Å². The van der Waals surface area contributed by atoms with Crippen LogP contribution in [0, 0.1) is 11.8 Å². The van der Waals surface area contributed by atoms with Crippen LogP contribution in [-0.2, 0) is 15.1 Å². The average Bonchev–Trinajstić information content (AvgIpc) is 2.78. The van der Waals surface area contributed by atoms with E-state index in [1.807, 2.05) is 27.7 Å². The third-order valence-corrected chi connectivity index (χ3v) is 4.77. The Morgan fingerprint density at radius 3 is 2.11 bits per heavy atom. The SMILES string of the molecule is CC(C)CN(CC(C)C)C(=O)CN1C(=O)N[C@](C)(c2ccc(Cl)cc2)C1=O. The van der Waals surface area contributed by atoms with E-state index in [1.54, 1.807) is 36.1 Å². The van der Waals surface area contributed by atoms with Crippen LogP contribution in [0.3, 0.4) is 0 Å². The Bertz CT molecular complexity index is 708. The van der Waals surface area contributed by atoms with E-state index in [2.05, 4.69) is 5.32 Å². The lowest BCUT2D eigenvalue weighted by molar-refractivity contribution is -0.139. The maximum atomic E-state index is 13.0.